The average Bonchev–Trinajstić information content (AvgIpc) is 2.27. The maximum Gasteiger partial charge on any atom is 0.240 e. The highest BCUT2D eigenvalue weighted by molar-refractivity contribution is 5.94. The number of hydrogen-bond donors (Lipinski definition) is 0. The summed E-state index contributed by atoms with van der Waals surface area (Å²) in [7, 11) is 3.55. The van der Waals surface area contributed by atoms with E-state index in [4.69, 9.17) is 0 Å². The zero-order valence-corrected chi connectivity index (χ0v) is 10.8. The van der Waals surface area contributed by atoms with Gasteiger partial charge in [0, 0.05) is 18.8 Å². The van der Waals surface area contributed by atoms with Gasteiger partial charge in [-0.15, -0.1) is 0 Å². The maximum absolute atomic E-state index is 13.0. The zero-order chi connectivity index (χ0) is 13.0. The largest absolute Gasteiger partial charge is 0.314 e. The molecule has 0 aliphatic carbocycles. The molecule has 0 radical (unpaired) electrons. The third-order valence-corrected chi connectivity index (χ3v) is 2.84. The molecule has 17 heavy (non-hydrogen) atoms. The molecular formula is C13H19FN2O. The van der Waals surface area contributed by atoms with Crippen LogP contribution in [-0.4, -0.2) is 37.5 Å². The van der Waals surface area contributed by atoms with Crippen LogP contribution in [0.4, 0.5) is 10.1 Å². The molecule has 0 spiro atoms. The molecule has 1 rings (SSSR count). The fraction of sp³-hybridized carbons (Fsp3) is 0.462. The van der Waals surface area contributed by atoms with E-state index in [1.807, 2.05) is 25.8 Å². The van der Waals surface area contributed by atoms with Crippen molar-refractivity contribution < 1.29 is 9.18 Å². The van der Waals surface area contributed by atoms with Gasteiger partial charge in [0.15, 0.2) is 0 Å². The van der Waals surface area contributed by atoms with Gasteiger partial charge >= 0.3 is 0 Å². The molecule has 94 valence electrons. The minimum absolute atomic E-state index is 0.0493. The number of halogens is 1. The lowest BCUT2D eigenvalue weighted by Gasteiger charge is -2.24. The Hall–Kier alpha value is -1.42. The van der Waals surface area contributed by atoms with Crippen LogP contribution >= 0.6 is 0 Å². The number of benzene rings is 1. The number of rotatable bonds is 4. The van der Waals surface area contributed by atoms with Crippen molar-refractivity contribution in [3.05, 3.63) is 30.1 Å². The van der Waals surface area contributed by atoms with Gasteiger partial charge in [-0.05, 0) is 39.1 Å². The first-order chi connectivity index (χ1) is 7.91. The summed E-state index contributed by atoms with van der Waals surface area (Å²) in [4.78, 5) is 15.3. The highest BCUT2D eigenvalue weighted by atomic mass is 19.1. The molecule has 1 aromatic carbocycles. The Kier molecular flexibility index (Phi) is 4.63. The topological polar surface area (TPSA) is 23.6 Å². The third kappa shape index (κ3) is 3.82. The van der Waals surface area contributed by atoms with Gasteiger partial charge in [0.1, 0.15) is 5.82 Å². The standard InChI is InChI=1S/C13H19FN2O/c1-10(2)15(3)9-13(17)16(4)12-7-5-6-11(14)8-12/h5-8,10H,9H2,1-4H3. The van der Waals surface area contributed by atoms with Gasteiger partial charge in [-0.25, -0.2) is 4.39 Å². The molecule has 0 saturated carbocycles. The summed E-state index contributed by atoms with van der Waals surface area (Å²) in [5.74, 6) is -0.383. The number of carbonyl (C=O) groups is 1. The summed E-state index contributed by atoms with van der Waals surface area (Å²) >= 11 is 0. The number of hydrogen-bond acceptors (Lipinski definition) is 2. The Morgan fingerprint density at radius 3 is 2.53 bits per heavy atom. The second-order valence-corrected chi connectivity index (χ2v) is 4.44. The SMILES string of the molecule is CC(C)N(C)CC(=O)N(C)c1cccc(F)c1. The molecule has 0 atom stereocenters. The maximum atomic E-state index is 13.0. The van der Waals surface area contributed by atoms with E-state index in [0.29, 0.717) is 18.3 Å². The molecule has 0 bridgehead atoms. The van der Waals surface area contributed by atoms with Crippen LogP contribution in [0.15, 0.2) is 24.3 Å². The quantitative estimate of drug-likeness (QED) is 0.802. The molecule has 0 saturated heterocycles. The number of likely N-dealkylation sites (N-methyl/N-ethyl adjacent to an activating group) is 2. The van der Waals surface area contributed by atoms with Crippen LogP contribution in [0.5, 0.6) is 0 Å². The molecule has 0 aliphatic rings. The predicted molar refractivity (Wildman–Crippen MR) is 67.6 cm³/mol. The van der Waals surface area contributed by atoms with Crippen LogP contribution in [0.1, 0.15) is 13.8 Å². The summed E-state index contributed by atoms with van der Waals surface area (Å²) in [5.41, 5.74) is 0.576. The van der Waals surface area contributed by atoms with E-state index in [0.717, 1.165) is 0 Å². The highest BCUT2D eigenvalue weighted by Crippen LogP contribution is 2.14. The van der Waals surface area contributed by atoms with Crippen molar-refractivity contribution in [3.8, 4) is 0 Å². The second-order valence-electron chi connectivity index (χ2n) is 4.44. The molecule has 1 amide bonds. The molecule has 0 unspecified atom stereocenters. The molecule has 0 N–H and O–H groups in total. The van der Waals surface area contributed by atoms with Crippen LogP contribution in [0, 0.1) is 5.82 Å². The van der Waals surface area contributed by atoms with Crippen LogP contribution in [0.25, 0.3) is 0 Å². The van der Waals surface area contributed by atoms with E-state index < -0.39 is 0 Å². The smallest absolute Gasteiger partial charge is 0.240 e. The second kappa shape index (κ2) is 5.77. The van der Waals surface area contributed by atoms with E-state index in [-0.39, 0.29) is 11.7 Å². The van der Waals surface area contributed by atoms with E-state index >= 15 is 0 Å². The monoisotopic (exact) mass is 238 g/mol. The molecule has 1 aromatic rings. The van der Waals surface area contributed by atoms with Crippen LogP contribution in [0.2, 0.25) is 0 Å². The van der Waals surface area contributed by atoms with Gasteiger partial charge in [0.25, 0.3) is 0 Å². The number of anilines is 1. The molecular weight excluding hydrogens is 219 g/mol. The van der Waals surface area contributed by atoms with E-state index in [9.17, 15) is 9.18 Å². The fourth-order valence-electron chi connectivity index (χ4n) is 1.33. The van der Waals surface area contributed by atoms with Crippen LogP contribution < -0.4 is 4.90 Å². The average molecular weight is 238 g/mol. The van der Waals surface area contributed by atoms with E-state index in [1.165, 1.54) is 17.0 Å². The Morgan fingerprint density at radius 2 is 2.00 bits per heavy atom. The van der Waals surface area contributed by atoms with Gasteiger partial charge in [0.2, 0.25) is 5.91 Å². The lowest BCUT2D eigenvalue weighted by Crippen LogP contribution is -2.39. The van der Waals surface area contributed by atoms with Gasteiger partial charge < -0.3 is 4.90 Å². The molecule has 4 heteroatoms. The summed E-state index contributed by atoms with van der Waals surface area (Å²) in [6.07, 6.45) is 0. The van der Waals surface area contributed by atoms with Crippen molar-refractivity contribution in [1.82, 2.24) is 4.90 Å². The van der Waals surface area contributed by atoms with Gasteiger partial charge in [-0.2, -0.15) is 0 Å². The summed E-state index contributed by atoms with van der Waals surface area (Å²) in [6.45, 7) is 4.37. The summed E-state index contributed by atoms with van der Waals surface area (Å²) in [6, 6.07) is 6.34. The van der Waals surface area contributed by atoms with Gasteiger partial charge in [-0.3, -0.25) is 9.69 Å². The number of nitrogens with zero attached hydrogens (tertiary/aromatic N) is 2. The van der Waals surface area contributed by atoms with Crippen LogP contribution in [-0.2, 0) is 4.79 Å². The summed E-state index contributed by atoms with van der Waals surface area (Å²) < 4.78 is 13.0. The first kappa shape index (κ1) is 13.6. The Labute approximate surface area is 102 Å². The summed E-state index contributed by atoms with van der Waals surface area (Å²) in [5, 5.41) is 0. The van der Waals surface area contributed by atoms with Crippen molar-refractivity contribution in [2.45, 2.75) is 19.9 Å². The van der Waals surface area contributed by atoms with Crippen molar-refractivity contribution in [1.29, 1.82) is 0 Å². The highest BCUT2D eigenvalue weighted by Gasteiger charge is 2.15. The number of amides is 1. The minimum Gasteiger partial charge on any atom is -0.314 e. The Morgan fingerprint density at radius 1 is 1.35 bits per heavy atom. The predicted octanol–water partition coefficient (Wildman–Crippen LogP) is 2.13. The molecule has 0 heterocycles. The third-order valence-electron chi connectivity index (χ3n) is 2.84. The molecule has 0 aliphatic heterocycles. The lowest BCUT2D eigenvalue weighted by molar-refractivity contribution is -0.119. The first-order valence-corrected chi connectivity index (χ1v) is 5.64. The number of carbonyl (C=O) groups excluding carboxylic acids is 1. The molecule has 0 fully saturated rings. The normalized spacial score (nSPS) is 11.0. The molecule has 0 aromatic heterocycles. The first-order valence-electron chi connectivity index (χ1n) is 5.64. The van der Waals surface area contributed by atoms with Crippen molar-refractivity contribution in [3.63, 3.8) is 0 Å². The van der Waals surface area contributed by atoms with Crippen molar-refractivity contribution >= 4 is 11.6 Å². The van der Waals surface area contributed by atoms with Gasteiger partial charge in [0.05, 0.1) is 6.54 Å². The Balaban J connectivity index is 2.70. The van der Waals surface area contributed by atoms with E-state index in [1.54, 1.807) is 19.2 Å². The Bertz CT molecular complexity index is 393. The lowest BCUT2D eigenvalue weighted by atomic mass is 10.2. The van der Waals surface area contributed by atoms with Crippen molar-refractivity contribution in [2.75, 3.05) is 25.5 Å². The van der Waals surface area contributed by atoms with Crippen LogP contribution in [0.3, 0.4) is 0 Å². The van der Waals surface area contributed by atoms with E-state index in [2.05, 4.69) is 0 Å². The van der Waals surface area contributed by atoms with Gasteiger partial charge in [-0.1, -0.05) is 6.07 Å². The molecule has 3 nitrogen and oxygen atoms in total. The van der Waals surface area contributed by atoms with Crippen molar-refractivity contribution in [2.24, 2.45) is 0 Å². The fourth-order valence-corrected chi connectivity index (χ4v) is 1.33. The zero-order valence-electron chi connectivity index (χ0n) is 10.8. The minimum atomic E-state index is -0.334.